The van der Waals surface area contributed by atoms with E-state index < -0.39 is 11.6 Å². The van der Waals surface area contributed by atoms with E-state index in [0.717, 1.165) is 22.5 Å². The van der Waals surface area contributed by atoms with Crippen LogP contribution >= 0.6 is 0 Å². The molecule has 4 heteroatoms. The van der Waals surface area contributed by atoms with Crippen LogP contribution in [0.2, 0.25) is 0 Å². The van der Waals surface area contributed by atoms with Crippen LogP contribution in [0.25, 0.3) is 0 Å². The van der Waals surface area contributed by atoms with Crippen LogP contribution in [-0.4, -0.2) is 21.1 Å². The molecule has 0 radical (unpaired) electrons. The van der Waals surface area contributed by atoms with E-state index in [2.05, 4.69) is 4.98 Å². The van der Waals surface area contributed by atoms with Gasteiger partial charge in [0.05, 0.1) is 5.54 Å². The Kier molecular flexibility index (Phi) is 4.50. The Balaban J connectivity index is 2.36. The molecule has 1 heterocycles. The Labute approximate surface area is 131 Å². The summed E-state index contributed by atoms with van der Waals surface area (Å²) in [5.41, 5.74) is 3.12. The Morgan fingerprint density at radius 3 is 2.18 bits per heavy atom. The van der Waals surface area contributed by atoms with Crippen molar-refractivity contribution in [2.75, 3.05) is 0 Å². The van der Waals surface area contributed by atoms with E-state index in [1.807, 2.05) is 70.2 Å². The van der Waals surface area contributed by atoms with Crippen molar-refractivity contribution < 1.29 is 9.90 Å². The number of amides is 1. The average Bonchev–Trinajstić information content (AvgIpc) is 2.44. The summed E-state index contributed by atoms with van der Waals surface area (Å²) in [6, 6.07) is 13.6. The number of benzene rings is 1. The molecule has 1 N–H and O–H groups in total. The molecule has 2 rings (SSSR count). The van der Waals surface area contributed by atoms with Crippen LogP contribution < -0.4 is 0 Å². The summed E-state index contributed by atoms with van der Waals surface area (Å²) in [5, 5.41) is 9.68. The molecule has 0 saturated carbocycles. The molecule has 1 aromatic carbocycles. The minimum Gasteiger partial charge on any atom is -0.465 e. The maximum atomic E-state index is 11.8. The van der Waals surface area contributed by atoms with Crippen LogP contribution in [0.4, 0.5) is 4.79 Å². The lowest BCUT2D eigenvalue weighted by atomic mass is 9.92. The SMILES string of the molecule is Cc1cc(CN(C(=O)O)C(C)(C)c2ccccc2)cc(C)n1. The van der Waals surface area contributed by atoms with Gasteiger partial charge in [0.2, 0.25) is 0 Å². The zero-order chi connectivity index (χ0) is 16.3. The molecule has 1 aromatic heterocycles. The monoisotopic (exact) mass is 298 g/mol. The molecule has 0 aliphatic carbocycles. The molecule has 1 amide bonds. The van der Waals surface area contributed by atoms with Crippen molar-refractivity contribution in [3.63, 3.8) is 0 Å². The van der Waals surface area contributed by atoms with Crippen molar-refractivity contribution in [3.05, 3.63) is 65.0 Å². The summed E-state index contributed by atoms with van der Waals surface area (Å²) in [5.74, 6) is 0. The van der Waals surface area contributed by atoms with Crippen molar-refractivity contribution >= 4 is 6.09 Å². The molecule has 0 atom stereocenters. The van der Waals surface area contributed by atoms with E-state index in [-0.39, 0.29) is 0 Å². The van der Waals surface area contributed by atoms with Crippen molar-refractivity contribution in [2.24, 2.45) is 0 Å². The fourth-order valence-electron chi connectivity index (χ4n) is 2.70. The summed E-state index contributed by atoms with van der Waals surface area (Å²) >= 11 is 0. The van der Waals surface area contributed by atoms with E-state index in [4.69, 9.17) is 0 Å². The van der Waals surface area contributed by atoms with Gasteiger partial charge in [-0.25, -0.2) is 4.79 Å². The molecule has 0 spiro atoms. The maximum Gasteiger partial charge on any atom is 0.408 e. The molecule has 0 bridgehead atoms. The summed E-state index contributed by atoms with van der Waals surface area (Å²) in [4.78, 5) is 17.6. The van der Waals surface area contributed by atoms with Crippen molar-refractivity contribution in [1.82, 2.24) is 9.88 Å². The Hall–Kier alpha value is -2.36. The van der Waals surface area contributed by atoms with Crippen LogP contribution in [-0.2, 0) is 12.1 Å². The molecule has 0 fully saturated rings. The first-order chi connectivity index (χ1) is 10.3. The molecule has 2 aromatic rings. The molecular weight excluding hydrogens is 276 g/mol. The molecule has 0 unspecified atom stereocenters. The number of aryl methyl sites for hydroxylation is 2. The van der Waals surface area contributed by atoms with Crippen LogP contribution in [0, 0.1) is 13.8 Å². The first-order valence-corrected chi connectivity index (χ1v) is 7.31. The molecule has 116 valence electrons. The molecule has 0 aliphatic heterocycles. The fourth-order valence-corrected chi connectivity index (χ4v) is 2.70. The van der Waals surface area contributed by atoms with Gasteiger partial charge in [0.15, 0.2) is 0 Å². The second kappa shape index (κ2) is 6.18. The van der Waals surface area contributed by atoms with E-state index in [0.29, 0.717) is 6.54 Å². The van der Waals surface area contributed by atoms with Crippen molar-refractivity contribution in [3.8, 4) is 0 Å². The van der Waals surface area contributed by atoms with Crippen LogP contribution in [0.3, 0.4) is 0 Å². The van der Waals surface area contributed by atoms with Gasteiger partial charge in [0.25, 0.3) is 0 Å². The maximum absolute atomic E-state index is 11.8. The van der Waals surface area contributed by atoms with E-state index in [1.165, 1.54) is 4.90 Å². The third-order valence-electron chi connectivity index (χ3n) is 3.87. The third-order valence-corrected chi connectivity index (χ3v) is 3.87. The van der Waals surface area contributed by atoms with Gasteiger partial charge < -0.3 is 5.11 Å². The molecule has 4 nitrogen and oxygen atoms in total. The largest absolute Gasteiger partial charge is 0.465 e. The zero-order valence-corrected chi connectivity index (χ0v) is 13.5. The van der Waals surface area contributed by atoms with Gasteiger partial charge in [-0.2, -0.15) is 0 Å². The minimum absolute atomic E-state index is 0.335. The fraction of sp³-hybridized carbons (Fsp3) is 0.333. The number of carboxylic acid groups (broad SMARTS) is 1. The average molecular weight is 298 g/mol. The van der Waals surface area contributed by atoms with Gasteiger partial charge in [-0.05, 0) is 51.0 Å². The smallest absolute Gasteiger partial charge is 0.408 e. The standard InChI is InChI=1S/C18H22N2O2/c1-13-10-15(11-14(2)19-13)12-20(17(21)22)18(3,4)16-8-6-5-7-9-16/h5-11H,12H2,1-4H3,(H,21,22). The highest BCUT2D eigenvalue weighted by Crippen LogP contribution is 2.29. The highest BCUT2D eigenvalue weighted by molar-refractivity contribution is 5.66. The van der Waals surface area contributed by atoms with Crippen LogP contribution in [0.5, 0.6) is 0 Å². The molecular formula is C18H22N2O2. The van der Waals surface area contributed by atoms with Gasteiger partial charge >= 0.3 is 6.09 Å². The van der Waals surface area contributed by atoms with Crippen molar-refractivity contribution in [1.29, 1.82) is 0 Å². The number of pyridine rings is 1. The topological polar surface area (TPSA) is 53.4 Å². The number of aromatic nitrogens is 1. The lowest BCUT2D eigenvalue weighted by Crippen LogP contribution is -2.44. The first-order valence-electron chi connectivity index (χ1n) is 7.31. The summed E-state index contributed by atoms with van der Waals surface area (Å²) in [7, 11) is 0. The van der Waals surface area contributed by atoms with Gasteiger partial charge in [0.1, 0.15) is 0 Å². The highest BCUT2D eigenvalue weighted by Gasteiger charge is 2.32. The summed E-state index contributed by atoms with van der Waals surface area (Å²) in [6.07, 6.45) is -0.930. The number of carbonyl (C=O) groups is 1. The summed E-state index contributed by atoms with van der Waals surface area (Å²) in [6.45, 7) is 8.03. The van der Waals surface area contributed by atoms with Crippen LogP contribution in [0.1, 0.15) is 36.4 Å². The van der Waals surface area contributed by atoms with E-state index >= 15 is 0 Å². The second-order valence-electron chi connectivity index (χ2n) is 6.05. The lowest BCUT2D eigenvalue weighted by Gasteiger charge is -2.37. The van der Waals surface area contributed by atoms with Gasteiger partial charge in [-0.15, -0.1) is 0 Å². The van der Waals surface area contributed by atoms with Gasteiger partial charge in [-0.1, -0.05) is 30.3 Å². The van der Waals surface area contributed by atoms with Gasteiger partial charge in [0, 0.05) is 17.9 Å². The van der Waals surface area contributed by atoms with Crippen LogP contribution in [0.15, 0.2) is 42.5 Å². The number of hydrogen-bond donors (Lipinski definition) is 1. The molecule has 22 heavy (non-hydrogen) atoms. The quantitative estimate of drug-likeness (QED) is 0.924. The predicted molar refractivity (Wildman–Crippen MR) is 86.7 cm³/mol. The number of rotatable bonds is 4. The zero-order valence-electron chi connectivity index (χ0n) is 13.5. The van der Waals surface area contributed by atoms with E-state index in [1.54, 1.807) is 0 Å². The molecule has 0 saturated heterocycles. The lowest BCUT2D eigenvalue weighted by molar-refractivity contribution is 0.0861. The first kappa shape index (κ1) is 16.0. The van der Waals surface area contributed by atoms with E-state index in [9.17, 15) is 9.90 Å². The molecule has 0 aliphatic rings. The minimum atomic E-state index is -0.930. The highest BCUT2D eigenvalue weighted by atomic mass is 16.4. The number of nitrogens with zero attached hydrogens (tertiary/aromatic N) is 2. The number of hydrogen-bond acceptors (Lipinski definition) is 2. The normalized spacial score (nSPS) is 11.3. The van der Waals surface area contributed by atoms with Gasteiger partial charge in [-0.3, -0.25) is 9.88 Å². The third kappa shape index (κ3) is 3.45. The summed E-state index contributed by atoms with van der Waals surface area (Å²) < 4.78 is 0. The predicted octanol–water partition coefficient (Wildman–Crippen LogP) is 4.11. The Morgan fingerprint density at radius 1 is 1.14 bits per heavy atom. The Morgan fingerprint density at radius 2 is 1.68 bits per heavy atom. The second-order valence-corrected chi connectivity index (χ2v) is 6.05. The Bertz CT molecular complexity index is 646. The van der Waals surface area contributed by atoms with Crippen molar-refractivity contribution in [2.45, 2.75) is 39.8 Å².